The number of rotatable bonds is 0. The van der Waals surface area contributed by atoms with Crippen molar-refractivity contribution in [3.05, 3.63) is 30.4 Å². The van der Waals surface area contributed by atoms with E-state index in [1.54, 1.807) is 6.07 Å². The molecular weight excluding hydrogens is 175 g/mol. The molecular formula is C8H6FN2S. The van der Waals surface area contributed by atoms with Gasteiger partial charge in [-0.15, -0.1) is 0 Å². The molecule has 1 aromatic heterocycles. The van der Waals surface area contributed by atoms with E-state index in [1.807, 2.05) is 0 Å². The van der Waals surface area contributed by atoms with Gasteiger partial charge < -0.3 is 5.73 Å². The van der Waals surface area contributed by atoms with Crippen LogP contribution in [-0.2, 0) is 0 Å². The van der Waals surface area contributed by atoms with Crippen molar-refractivity contribution in [2.45, 2.75) is 0 Å². The summed E-state index contributed by atoms with van der Waals surface area (Å²) in [6.07, 6.45) is 0. The zero-order valence-corrected chi connectivity index (χ0v) is 6.99. The molecule has 1 heterocycles. The van der Waals surface area contributed by atoms with Crippen molar-refractivity contribution in [1.82, 2.24) is 4.98 Å². The molecule has 0 amide bonds. The normalized spacial score (nSPS) is 10.8. The first-order valence-electron chi connectivity index (χ1n) is 3.35. The van der Waals surface area contributed by atoms with Crippen molar-refractivity contribution in [2.75, 3.05) is 5.73 Å². The topological polar surface area (TPSA) is 38.9 Å². The molecule has 12 heavy (non-hydrogen) atoms. The molecule has 1 aromatic carbocycles. The van der Waals surface area contributed by atoms with Gasteiger partial charge in [-0.1, -0.05) is 17.4 Å². The Kier molecular flexibility index (Phi) is 1.51. The summed E-state index contributed by atoms with van der Waals surface area (Å²) in [5.74, 6) is -0.286. The Morgan fingerprint density at radius 2 is 2.25 bits per heavy atom. The van der Waals surface area contributed by atoms with Gasteiger partial charge in [0.1, 0.15) is 5.82 Å². The van der Waals surface area contributed by atoms with Crippen LogP contribution in [0.3, 0.4) is 0 Å². The number of hydrogen-bond acceptors (Lipinski definition) is 3. The van der Waals surface area contributed by atoms with Crippen LogP contribution in [0.15, 0.2) is 12.1 Å². The van der Waals surface area contributed by atoms with E-state index in [9.17, 15) is 4.39 Å². The molecule has 0 atom stereocenters. The minimum absolute atomic E-state index is 0.286. The zero-order chi connectivity index (χ0) is 8.72. The number of nitrogens with two attached hydrogens (primary N) is 1. The van der Waals surface area contributed by atoms with Gasteiger partial charge in [0.15, 0.2) is 5.13 Å². The van der Waals surface area contributed by atoms with Crippen LogP contribution in [0.2, 0.25) is 0 Å². The Hall–Kier alpha value is -1.16. The van der Waals surface area contributed by atoms with Gasteiger partial charge in [-0.3, -0.25) is 0 Å². The fraction of sp³-hybridized carbons (Fsp3) is 0. The summed E-state index contributed by atoms with van der Waals surface area (Å²) in [6.45, 7) is 3.73. The van der Waals surface area contributed by atoms with Crippen molar-refractivity contribution in [3.63, 3.8) is 0 Å². The molecule has 0 saturated carbocycles. The van der Waals surface area contributed by atoms with E-state index in [1.165, 1.54) is 6.07 Å². The number of nitrogen functional groups attached to an aromatic ring is 1. The van der Waals surface area contributed by atoms with E-state index in [0.29, 0.717) is 20.9 Å². The number of hydrogen-bond donors (Lipinski definition) is 1. The molecule has 0 bridgehead atoms. The van der Waals surface area contributed by atoms with E-state index in [-0.39, 0.29) is 5.82 Å². The molecule has 0 saturated heterocycles. The van der Waals surface area contributed by atoms with Crippen LogP contribution in [0.5, 0.6) is 0 Å². The number of fused-ring (bicyclic) bond motifs is 1. The lowest BCUT2D eigenvalue weighted by Gasteiger charge is -1.93. The molecule has 2 aromatic rings. The molecule has 0 unspecified atom stereocenters. The van der Waals surface area contributed by atoms with Crippen molar-refractivity contribution < 1.29 is 4.39 Å². The Balaban J connectivity index is 2.93. The Morgan fingerprint density at radius 3 is 2.92 bits per heavy atom. The van der Waals surface area contributed by atoms with E-state index < -0.39 is 0 Å². The zero-order valence-electron chi connectivity index (χ0n) is 6.17. The highest BCUT2D eigenvalue weighted by Gasteiger charge is 2.07. The van der Waals surface area contributed by atoms with Gasteiger partial charge in [-0.05, 0) is 18.6 Å². The molecule has 0 fully saturated rings. The molecule has 2 N–H and O–H groups in total. The van der Waals surface area contributed by atoms with Gasteiger partial charge in [0.05, 0.1) is 10.2 Å². The first kappa shape index (κ1) is 7.49. The van der Waals surface area contributed by atoms with Gasteiger partial charge in [0, 0.05) is 0 Å². The second kappa shape index (κ2) is 2.42. The lowest BCUT2D eigenvalue weighted by molar-refractivity contribution is 0.641. The van der Waals surface area contributed by atoms with Crippen LogP contribution in [0.25, 0.3) is 10.2 Å². The van der Waals surface area contributed by atoms with Crippen molar-refractivity contribution in [3.8, 4) is 0 Å². The molecule has 0 aliphatic rings. The van der Waals surface area contributed by atoms with Gasteiger partial charge in [-0.25, -0.2) is 9.37 Å². The molecule has 4 heteroatoms. The average molecular weight is 181 g/mol. The maximum Gasteiger partial charge on any atom is 0.181 e. The quantitative estimate of drug-likeness (QED) is 0.676. The van der Waals surface area contributed by atoms with Crippen LogP contribution < -0.4 is 5.73 Å². The predicted molar refractivity (Wildman–Crippen MR) is 48.4 cm³/mol. The van der Waals surface area contributed by atoms with E-state index in [2.05, 4.69) is 11.9 Å². The molecule has 0 spiro atoms. The van der Waals surface area contributed by atoms with Crippen LogP contribution in [0.1, 0.15) is 5.56 Å². The summed E-state index contributed by atoms with van der Waals surface area (Å²) in [7, 11) is 0. The third kappa shape index (κ3) is 0.956. The number of thiazole rings is 1. The van der Waals surface area contributed by atoms with Crippen LogP contribution >= 0.6 is 11.3 Å². The van der Waals surface area contributed by atoms with Gasteiger partial charge in [0.25, 0.3) is 0 Å². The van der Waals surface area contributed by atoms with E-state index in [4.69, 9.17) is 5.73 Å². The van der Waals surface area contributed by atoms with Crippen molar-refractivity contribution >= 4 is 26.7 Å². The molecule has 0 aliphatic heterocycles. The van der Waals surface area contributed by atoms with Crippen LogP contribution in [0.4, 0.5) is 9.52 Å². The molecule has 61 valence electrons. The molecule has 2 rings (SSSR count). The summed E-state index contributed by atoms with van der Waals surface area (Å²) in [6, 6.07) is 2.97. The summed E-state index contributed by atoms with van der Waals surface area (Å²) in [5.41, 5.74) is 6.72. The summed E-state index contributed by atoms with van der Waals surface area (Å²) >= 11 is 1.14. The number of aromatic nitrogens is 1. The van der Waals surface area contributed by atoms with Gasteiger partial charge >= 0.3 is 0 Å². The van der Waals surface area contributed by atoms with Crippen LogP contribution in [-0.4, -0.2) is 4.98 Å². The second-order valence-electron chi connectivity index (χ2n) is 2.44. The highest BCUT2D eigenvalue weighted by Crippen LogP contribution is 2.28. The highest BCUT2D eigenvalue weighted by molar-refractivity contribution is 7.22. The maximum absolute atomic E-state index is 13.1. The van der Waals surface area contributed by atoms with Gasteiger partial charge in [0.2, 0.25) is 0 Å². The second-order valence-corrected chi connectivity index (χ2v) is 3.47. The number of benzene rings is 1. The Bertz CT molecular complexity index is 397. The number of anilines is 1. The minimum Gasteiger partial charge on any atom is -0.375 e. The first-order chi connectivity index (χ1) is 5.68. The minimum atomic E-state index is -0.286. The third-order valence-corrected chi connectivity index (χ3v) is 2.49. The summed E-state index contributed by atoms with van der Waals surface area (Å²) in [4.78, 5) is 3.97. The van der Waals surface area contributed by atoms with Gasteiger partial charge in [-0.2, -0.15) is 0 Å². The third-order valence-electron chi connectivity index (χ3n) is 1.60. The Labute approximate surface area is 72.8 Å². The largest absolute Gasteiger partial charge is 0.375 e. The highest BCUT2D eigenvalue weighted by atomic mass is 32.1. The SMILES string of the molecule is [CH2]c1ccc(F)c2sc(N)nc12. The van der Waals surface area contributed by atoms with Crippen molar-refractivity contribution in [1.29, 1.82) is 0 Å². The van der Waals surface area contributed by atoms with E-state index >= 15 is 0 Å². The molecule has 1 radical (unpaired) electrons. The molecule has 0 aliphatic carbocycles. The fourth-order valence-electron chi connectivity index (χ4n) is 1.04. The van der Waals surface area contributed by atoms with Crippen molar-refractivity contribution in [2.24, 2.45) is 0 Å². The van der Waals surface area contributed by atoms with E-state index in [0.717, 1.165) is 11.3 Å². The number of halogens is 1. The summed E-state index contributed by atoms with van der Waals surface area (Å²) in [5, 5.41) is 0.375. The molecule has 2 nitrogen and oxygen atoms in total. The predicted octanol–water partition coefficient (Wildman–Crippen LogP) is 2.20. The smallest absolute Gasteiger partial charge is 0.181 e. The standard InChI is InChI=1S/C8H6FN2S/c1-4-2-3-5(9)7-6(4)11-8(10)12-7/h2-3H,1H2,(H2,10,11). The Morgan fingerprint density at radius 1 is 1.50 bits per heavy atom. The average Bonchev–Trinajstić information content (AvgIpc) is 2.41. The monoisotopic (exact) mass is 181 g/mol. The number of nitrogens with zero attached hydrogens (tertiary/aromatic N) is 1. The first-order valence-corrected chi connectivity index (χ1v) is 4.16. The summed E-state index contributed by atoms with van der Waals surface area (Å²) < 4.78 is 13.6. The fourth-order valence-corrected chi connectivity index (χ4v) is 1.83. The maximum atomic E-state index is 13.1. The lowest BCUT2D eigenvalue weighted by atomic mass is 10.2. The van der Waals surface area contributed by atoms with Crippen LogP contribution in [0, 0.1) is 12.7 Å². The lowest BCUT2D eigenvalue weighted by Crippen LogP contribution is -1.82.